The van der Waals surface area contributed by atoms with E-state index in [2.05, 4.69) is 67.0 Å². The molecule has 2 aromatic rings. The van der Waals surface area contributed by atoms with E-state index in [1.165, 1.54) is 33.6 Å². The lowest BCUT2D eigenvalue weighted by Crippen LogP contribution is -2.32. The second kappa shape index (κ2) is 7.27. The summed E-state index contributed by atoms with van der Waals surface area (Å²) in [5.41, 5.74) is 8.34. The summed E-state index contributed by atoms with van der Waals surface area (Å²) in [6.07, 6.45) is 1.11. The molecule has 0 fully saturated rings. The Labute approximate surface area is 145 Å². The molecule has 128 valence electrons. The average molecular weight is 324 g/mol. The summed E-state index contributed by atoms with van der Waals surface area (Å²) in [7, 11) is 1.76. The highest BCUT2D eigenvalue weighted by Crippen LogP contribution is 2.36. The molecular formula is C21H28N2O. The van der Waals surface area contributed by atoms with E-state index in [4.69, 9.17) is 4.74 Å². The first-order chi connectivity index (χ1) is 11.6. The number of aryl methyl sites for hydroxylation is 2. The fraction of sp³-hybridized carbons (Fsp3) is 0.429. The highest BCUT2D eigenvalue weighted by Gasteiger charge is 2.25. The lowest BCUT2D eigenvalue weighted by molar-refractivity contribution is 0.205. The fourth-order valence-electron chi connectivity index (χ4n) is 3.84. The second-order valence-electron chi connectivity index (χ2n) is 6.65. The van der Waals surface area contributed by atoms with E-state index in [1.54, 1.807) is 7.11 Å². The van der Waals surface area contributed by atoms with Crippen LogP contribution < -0.4 is 9.80 Å². The number of fused-ring (bicyclic) bond motifs is 1. The van der Waals surface area contributed by atoms with Crippen LogP contribution in [0.3, 0.4) is 0 Å². The Morgan fingerprint density at radius 2 is 1.62 bits per heavy atom. The van der Waals surface area contributed by atoms with Crippen molar-refractivity contribution in [2.45, 2.75) is 33.7 Å². The SMILES string of the molecule is CCc1c(C)cc(CN2CN(CCOC)c3ccccc32)cc1C. The van der Waals surface area contributed by atoms with Crippen molar-refractivity contribution >= 4 is 11.4 Å². The minimum Gasteiger partial charge on any atom is -0.383 e. The number of anilines is 2. The predicted molar refractivity (Wildman–Crippen MR) is 102 cm³/mol. The molecule has 0 atom stereocenters. The highest BCUT2D eigenvalue weighted by atomic mass is 16.5. The second-order valence-corrected chi connectivity index (χ2v) is 6.65. The molecule has 2 aromatic carbocycles. The van der Waals surface area contributed by atoms with E-state index in [0.29, 0.717) is 0 Å². The molecule has 0 saturated heterocycles. The molecule has 0 unspecified atom stereocenters. The third kappa shape index (κ3) is 3.27. The number of methoxy groups -OCH3 is 1. The Kier molecular flexibility index (Phi) is 5.10. The summed E-state index contributed by atoms with van der Waals surface area (Å²) in [5, 5.41) is 0. The topological polar surface area (TPSA) is 15.7 Å². The number of nitrogens with zero attached hydrogens (tertiary/aromatic N) is 2. The average Bonchev–Trinajstić information content (AvgIpc) is 2.91. The summed E-state index contributed by atoms with van der Waals surface area (Å²) in [6, 6.07) is 13.4. The van der Waals surface area contributed by atoms with Crippen LogP contribution in [-0.4, -0.2) is 26.9 Å². The van der Waals surface area contributed by atoms with Gasteiger partial charge in [0.25, 0.3) is 0 Å². The minimum absolute atomic E-state index is 0.756. The molecular weight excluding hydrogens is 296 g/mol. The summed E-state index contributed by atoms with van der Waals surface area (Å²) >= 11 is 0. The van der Waals surface area contributed by atoms with Crippen molar-refractivity contribution in [2.75, 3.05) is 36.7 Å². The molecule has 1 aliphatic heterocycles. The van der Waals surface area contributed by atoms with Crippen molar-refractivity contribution in [1.29, 1.82) is 0 Å². The number of ether oxygens (including phenoxy) is 1. The van der Waals surface area contributed by atoms with Crippen LogP contribution in [0.4, 0.5) is 11.4 Å². The predicted octanol–water partition coefficient (Wildman–Crippen LogP) is 4.30. The first-order valence-corrected chi connectivity index (χ1v) is 8.81. The van der Waals surface area contributed by atoms with E-state index in [1.807, 2.05) is 0 Å². The van der Waals surface area contributed by atoms with Crippen LogP contribution >= 0.6 is 0 Å². The maximum atomic E-state index is 5.27. The normalized spacial score (nSPS) is 13.5. The van der Waals surface area contributed by atoms with Gasteiger partial charge in [-0.3, -0.25) is 0 Å². The van der Waals surface area contributed by atoms with Gasteiger partial charge in [-0.2, -0.15) is 0 Å². The molecule has 3 rings (SSSR count). The zero-order chi connectivity index (χ0) is 17.1. The van der Waals surface area contributed by atoms with Gasteiger partial charge in [0.2, 0.25) is 0 Å². The lowest BCUT2D eigenvalue weighted by Gasteiger charge is -2.22. The lowest BCUT2D eigenvalue weighted by atomic mass is 9.97. The van der Waals surface area contributed by atoms with Crippen LogP contribution in [0, 0.1) is 13.8 Å². The van der Waals surface area contributed by atoms with Crippen molar-refractivity contribution in [3.63, 3.8) is 0 Å². The monoisotopic (exact) mass is 324 g/mol. The smallest absolute Gasteiger partial charge is 0.0908 e. The van der Waals surface area contributed by atoms with Crippen LogP contribution in [0.1, 0.15) is 29.2 Å². The Hall–Kier alpha value is -2.00. The van der Waals surface area contributed by atoms with Crippen molar-refractivity contribution in [2.24, 2.45) is 0 Å². The van der Waals surface area contributed by atoms with Gasteiger partial charge in [-0.05, 0) is 54.7 Å². The first-order valence-electron chi connectivity index (χ1n) is 8.81. The molecule has 0 saturated carbocycles. The Bertz CT molecular complexity index is 688. The molecule has 0 N–H and O–H groups in total. The molecule has 3 heteroatoms. The van der Waals surface area contributed by atoms with Gasteiger partial charge >= 0.3 is 0 Å². The molecule has 1 aliphatic rings. The van der Waals surface area contributed by atoms with Crippen LogP contribution in [-0.2, 0) is 17.7 Å². The van der Waals surface area contributed by atoms with Gasteiger partial charge < -0.3 is 14.5 Å². The number of benzene rings is 2. The molecule has 0 aliphatic carbocycles. The van der Waals surface area contributed by atoms with E-state index in [0.717, 1.165) is 32.8 Å². The first kappa shape index (κ1) is 16.8. The van der Waals surface area contributed by atoms with Gasteiger partial charge in [0, 0.05) is 20.2 Å². The molecule has 0 aromatic heterocycles. The zero-order valence-corrected chi connectivity index (χ0v) is 15.3. The van der Waals surface area contributed by atoms with Crippen molar-refractivity contribution in [3.8, 4) is 0 Å². The summed E-state index contributed by atoms with van der Waals surface area (Å²) in [5.74, 6) is 0. The van der Waals surface area contributed by atoms with Gasteiger partial charge in [0.05, 0.1) is 24.7 Å². The maximum Gasteiger partial charge on any atom is 0.0908 e. The van der Waals surface area contributed by atoms with Crippen molar-refractivity contribution in [3.05, 3.63) is 58.7 Å². The van der Waals surface area contributed by atoms with Crippen LogP contribution in [0.25, 0.3) is 0 Å². The molecule has 1 heterocycles. The Morgan fingerprint density at radius 1 is 1.00 bits per heavy atom. The van der Waals surface area contributed by atoms with Crippen LogP contribution in [0.2, 0.25) is 0 Å². The van der Waals surface area contributed by atoms with E-state index in [-0.39, 0.29) is 0 Å². The zero-order valence-electron chi connectivity index (χ0n) is 15.3. The minimum atomic E-state index is 0.756. The molecule has 3 nitrogen and oxygen atoms in total. The maximum absolute atomic E-state index is 5.27. The third-order valence-electron chi connectivity index (χ3n) is 4.95. The third-order valence-corrected chi connectivity index (χ3v) is 4.95. The fourth-order valence-corrected chi connectivity index (χ4v) is 3.84. The van der Waals surface area contributed by atoms with Gasteiger partial charge in [-0.15, -0.1) is 0 Å². The van der Waals surface area contributed by atoms with Gasteiger partial charge in [0.15, 0.2) is 0 Å². The number of rotatable bonds is 6. The molecule has 0 amide bonds. The largest absolute Gasteiger partial charge is 0.383 e. The van der Waals surface area contributed by atoms with Crippen molar-refractivity contribution in [1.82, 2.24) is 0 Å². The molecule has 0 radical (unpaired) electrons. The van der Waals surface area contributed by atoms with E-state index >= 15 is 0 Å². The van der Waals surface area contributed by atoms with Crippen LogP contribution in [0.15, 0.2) is 36.4 Å². The van der Waals surface area contributed by atoms with Gasteiger partial charge in [-0.1, -0.05) is 31.2 Å². The molecule has 0 spiro atoms. The number of para-hydroxylation sites is 2. The van der Waals surface area contributed by atoms with E-state index < -0.39 is 0 Å². The summed E-state index contributed by atoms with van der Waals surface area (Å²) < 4.78 is 5.27. The Balaban J connectivity index is 1.83. The van der Waals surface area contributed by atoms with E-state index in [9.17, 15) is 0 Å². The molecule has 0 bridgehead atoms. The highest BCUT2D eigenvalue weighted by molar-refractivity contribution is 5.76. The quantitative estimate of drug-likeness (QED) is 0.788. The summed E-state index contributed by atoms with van der Waals surface area (Å²) in [6.45, 7) is 10.3. The number of hydrogen-bond acceptors (Lipinski definition) is 3. The number of hydrogen-bond donors (Lipinski definition) is 0. The van der Waals surface area contributed by atoms with Gasteiger partial charge in [-0.25, -0.2) is 0 Å². The van der Waals surface area contributed by atoms with Crippen LogP contribution in [0.5, 0.6) is 0 Å². The van der Waals surface area contributed by atoms with Gasteiger partial charge in [0.1, 0.15) is 0 Å². The molecule has 24 heavy (non-hydrogen) atoms. The Morgan fingerprint density at radius 3 is 2.21 bits per heavy atom. The summed E-state index contributed by atoms with van der Waals surface area (Å²) in [4.78, 5) is 4.86. The standard InChI is InChI=1S/C21H28N2O/c1-5-19-16(2)12-18(13-17(19)3)14-23-15-22(10-11-24-4)20-8-6-7-9-21(20)23/h6-9,12-13H,5,10-11,14-15H2,1-4H3. The van der Waals surface area contributed by atoms with Crippen molar-refractivity contribution < 1.29 is 4.74 Å².